The molecular weight excluding hydrogens is 240 g/mol. The van der Waals surface area contributed by atoms with Crippen LogP contribution < -0.4 is 9.80 Å². The molecule has 0 saturated heterocycles. The van der Waals surface area contributed by atoms with Crippen LogP contribution in [0.25, 0.3) is 0 Å². The highest BCUT2D eigenvalue weighted by Crippen LogP contribution is 2.38. The van der Waals surface area contributed by atoms with E-state index < -0.39 is 6.10 Å². The quantitative estimate of drug-likeness (QED) is 0.909. The molecular formula is C15H22N2O2. The molecule has 0 radical (unpaired) electrons. The molecule has 4 heteroatoms. The average Bonchev–Trinajstić information content (AvgIpc) is 2.62. The molecule has 0 spiro atoms. The van der Waals surface area contributed by atoms with Crippen LogP contribution in [0, 0.1) is 0 Å². The van der Waals surface area contributed by atoms with Gasteiger partial charge in [0.05, 0.1) is 5.69 Å². The maximum atomic E-state index is 11.8. The van der Waals surface area contributed by atoms with Gasteiger partial charge in [-0.15, -0.1) is 0 Å². The maximum Gasteiger partial charge on any atom is 0.260 e. The number of hydrogen-bond donors (Lipinski definition) is 1. The van der Waals surface area contributed by atoms with Gasteiger partial charge < -0.3 is 14.9 Å². The van der Waals surface area contributed by atoms with E-state index in [1.807, 2.05) is 18.2 Å². The van der Waals surface area contributed by atoms with Gasteiger partial charge in [0, 0.05) is 30.9 Å². The Morgan fingerprint density at radius 3 is 2.63 bits per heavy atom. The van der Waals surface area contributed by atoms with Gasteiger partial charge in [-0.2, -0.15) is 0 Å². The summed E-state index contributed by atoms with van der Waals surface area (Å²) in [7, 11) is 3.75. The molecule has 1 aliphatic heterocycles. The molecule has 1 atom stereocenters. The van der Waals surface area contributed by atoms with Crippen molar-refractivity contribution in [3.05, 3.63) is 23.8 Å². The third-order valence-corrected chi connectivity index (χ3v) is 4.39. The van der Waals surface area contributed by atoms with Crippen molar-refractivity contribution < 1.29 is 9.90 Å². The van der Waals surface area contributed by atoms with Gasteiger partial charge in [-0.25, -0.2) is 0 Å². The number of carbonyl (C=O) groups excluding carboxylic acids is 1. The minimum atomic E-state index is -1.02. The van der Waals surface area contributed by atoms with Gasteiger partial charge in [0.25, 0.3) is 5.91 Å². The number of nitrogens with zero attached hydrogens (tertiary/aromatic N) is 2. The Hall–Kier alpha value is -1.55. The smallest absolute Gasteiger partial charge is 0.260 e. The molecule has 1 unspecified atom stereocenters. The van der Waals surface area contributed by atoms with E-state index >= 15 is 0 Å². The predicted molar refractivity (Wildman–Crippen MR) is 77.6 cm³/mol. The number of aliphatic hydroxyl groups excluding tert-OH is 1. The Kier molecular flexibility index (Phi) is 3.31. The lowest BCUT2D eigenvalue weighted by Crippen LogP contribution is -2.40. The van der Waals surface area contributed by atoms with E-state index in [2.05, 4.69) is 32.7 Å². The van der Waals surface area contributed by atoms with Crippen LogP contribution in [-0.4, -0.2) is 30.6 Å². The van der Waals surface area contributed by atoms with Crippen LogP contribution in [0.15, 0.2) is 18.2 Å². The van der Waals surface area contributed by atoms with Crippen molar-refractivity contribution in [1.82, 2.24) is 0 Å². The van der Waals surface area contributed by atoms with Crippen molar-refractivity contribution >= 4 is 17.3 Å². The van der Waals surface area contributed by atoms with E-state index in [1.165, 1.54) is 4.90 Å². The fourth-order valence-corrected chi connectivity index (χ4v) is 2.28. The predicted octanol–water partition coefficient (Wildman–Crippen LogP) is 2.32. The van der Waals surface area contributed by atoms with Crippen molar-refractivity contribution in [2.24, 2.45) is 0 Å². The van der Waals surface area contributed by atoms with Crippen LogP contribution in [0.3, 0.4) is 0 Å². The second-order valence-electron chi connectivity index (χ2n) is 5.77. The Labute approximate surface area is 114 Å². The fourth-order valence-electron chi connectivity index (χ4n) is 2.28. The van der Waals surface area contributed by atoms with Crippen molar-refractivity contribution in [1.29, 1.82) is 0 Å². The van der Waals surface area contributed by atoms with E-state index in [1.54, 1.807) is 7.05 Å². The Bertz CT molecular complexity index is 511. The molecule has 19 heavy (non-hydrogen) atoms. The SMILES string of the molecule is CCC(C)(C)N(C)c1ccc2c(c1)N(C)C(=O)C2O. The fraction of sp³-hybridized carbons (Fsp3) is 0.533. The van der Waals surface area contributed by atoms with Gasteiger partial charge in [-0.05, 0) is 32.4 Å². The monoisotopic (exact) mass is 262 g/mol. The van der Waals surface area contributed by atoms with Crippen LogP contribution in [0.2, 0.25) is 0 Å². The number of carbonyl (C=O) groups is 1. The first-order valence-corrected chi connectivity index (χ1v) is 6.63. The zero-order chi connectivity index (χ0) is 14.4. The standard InChI is InChI=1S/C15H22N2O2/c1-6-15(2,3)17(5)10-7-8-11-12(9-10)16(4)14(19)13(11)18/h7-9,13,18H,6H2,1-5H3. The van der Waals surface area contributed by atoms with E-state index in [4.69, 9.17) is 0 Å². The van der Waals surface area contributed by atoms with Crippen molar-refractivity contribution in [2.45, 2.75) is 38.8 Å². The number of anilines is 2. The van der Waals surface area contributed by atoms with Gasteiger partial charge >= 0.3 is 0 Å². The third-order valence-electron chi connectivity index (χ3n) is 4.39. The molecule has 0 saturated carbocycles. The lowest BCUT2D eigenvalue weighted by atomic mass is 9.98. The molecule has 0 aliphatic carbocycles. The van der Waals surface area contributed by atoms with Crippen LogP contribution in [0.4, 0.5) is 11.4 Å². The van der Waals surface area contributed by atoms with Crippen LogP contribution in [-0.2, 0) is 4.79 Å². The average molecular weight is 262 g/mol. The van der Waals surface area contributed by atoms with Crippen molar-refractivity contribution in [3.63, 3.8) is 0 Å². The van der Waals surface area contributed by atoms with Gasteiger partial charge in [-0.3, -0.25) is 4.79 Å². The highest BCUT2D eigenvalue weighted by atomic mass is 16.3. The lowest BCUT2D eigenvalue weighted by molar-refractivity contribution is -0.125. The summed E-state index contributed by atoms with van der Waals surface area (Å²) in [6.07, 6.45) is 0.0105. The van der Waals surface area contributed by atoms with Crippen molar-refractivity contribution in [3.8, 4) is 0 Å². The normalized spacial score (nSPS) is 18.7. The summed E-state index contributed by atoms with van der Waals surface area (Å²) < 4.78 is 0. The molecule has 0 fully saturated rings. The minimum absolute atomic E-state index is 0.0496. The van der Waals surface area contributed by atoms with E-state index in [9.17, 15) is 9.90 Å². The molecule has 1 aliphatic rings. The summed E-state index contributed by atoms with van der Waals surface area (Å²) in [4.78, 5) is 15.5. The summed E-state index contributed by atoms with van der Waals surface area (Å²) in [5.74, 6) is -0.260. The summed E-state index contributed by atoms with van der Waals surface area (Å²) in [6.45, 7) is 6.52. The molecule has 1 heterocycles. The zero-order valence-electron chi connectivity index (χ0n) is 12.3. The number of rotatable bonds is 3. The highest BCUT2D eigenvalue weighted by Gasteiger charge is 2.34. The van der Waals surface area contributed by atoms with Gasteiger partial charge in [0.2, 0.25) is 0 Å². The first-order chi connectivity index (χ1) is 8.79. The summed E-state index contributed by atoms with van der Waals surface area (Å²) in [5.41, 5.74) is 2.60. The zero-order valence-corrected chi connectivity index (χ0v) is 12.3. The number of fused-ring (bicyclic) bond motifs is 1. The molecule has 0 bridgehead atoms. The molecule has 2 rings (SSSR count). The van der Waals surface area contributed by atoms with Gasteiger partial charge in [0.15, 0.2) is 6.10 Å². The maximum absolute atomic E-state index is 11.8. The van der Waals surface area contributed by atoms with Crippen LogP contribution in [0.5, 0.6) is 0 Å². The summed E-state index contributed by atoms with van der Waals surface area (Å²) >= 11 is 0. The second-order valence-corrected chi connectivity index (χ2v) is 5.77. The van der Waals surface area contributed by atoms with E-state index in [-0.39, 0.29) is 11.4 Å². The van der Waals surface area contributed by atoms with Gasteiger partial charge in [0.1, 0.15) is 0 Å². The number of aliphatic hydroxyl groups is 1. The molecule has 1 N–H and O–H groups in total. The van der Waals surface area contributed by atoms with E-state index in [0.717, 1.165) is 17.8 Å². The number of amides is 1. The number of hydrogen-bond acceptors (Lipinski definition) is 3. The van der Waals surface area contributed by atoms with Crippen molar-refractivity contribution in [2.75, 3.05) is 23.9 Å². The number of likely N-dealkylation sites (N-methyl/N-ethyl adjacent to an activating group) is 1. The molecule has 1 amide bonds. The largest absolute Gasteiger partial charge is 0.378 e. The van der Waals surface area contributed by atoms with Crippen LogP contribution in [0.1, 0.15) is 38.9 Å². The summed E-state index contributed by atoms with van der Waals surface area (Å²) in [6, 6.07) is 5.78. The minimum Gasteiger partial charge on any atom is -0.378 e. The molecule has 104 valence electrons. The van der Waals surface area contributed by atoms with Crippen LogP contribution >= 0.6 is 0 Å². The number of benzene rings is 1. The molecule has 4 nitrogen and oxygen atoms in total. The molecule has 1 aromatic carbocycles. The topological polar surface area (TPSA) is 43.8 Å². The molecule has 0 aromatic heterocycles. The second kappa shape index (κ2) is 4.53. The Balaban J connectivity index is 2.41. The molecule has 1 aromatic rings. The third kappa shape index (κ3) is 2.10. The Morgan fingerprint density at radius 1 is 1.42 bits per heavy atom. The van der Waals surface area contributed by atoms with Gasteiger partial charge in [-0.1, -0.05) is 13.0 Å². The Morgan fingerprint density at radius 2 is 2.05 bits per heavy atom. The van der Waals surface area contributed by atoms with E-state index in [0.29, 0.717) is 5.56 Å². The first kappa shape index (κ1) is 13.9. The lowest BCUT2D eigenvalue weighted by Gasteiger charge is -2.37. The highest BCUT2D eigenvalue weighted by molar-refractivity contribution is 6.03. The first-order valence-electron chi connectivity index (χ1n) is 6.63. The summed E-state index contributed by atoms with van der Waals surface area (Å²) in [5, 5.41) is 9.85.